The van der Waals surface area contributed by atoms with Gasteiger partial charge in [0.05, 0.1) is 13.2 Å². The van der Waals surface area contributed by atoms with Crippen molar-refractivity contribution < 1.29 is 4.74 Å². The van der Waals surface area contributed by atoms with E-state index in [0.29, 0.717) is 5.88 Å². The van der Waals surface area contributed by atoms with Crippen molar-refractivity contribution in [1.82, 2.24) is 0 Å². The van der Waals surface area contributed by atoms with Gasteiger partial charge in [0, 0.05) is 11.3 Å². The number of hydrogen-bond donors (Lipinski definition) is 0. The Hall–Kier alpha value is -0.530. The summed E-state index contributed by atoms with van der Waals surface area (Å²) in [5, 5.41) is 0. The highest BCUT2D eigenvalue weighted by atomic mass is 35.5. The van der Waals surface area contributed by atoms with Gasteiger partial charge in [-0.2, -0.15) is 0 Å². The monoisotopic (exact) mass is 210 g/mol. The van der Waals surface area contributed by atoms with Crippen LogP contribution in [-0.2, 0) is 10.2 Å². The Kier molecular flexibility index (Phi) is 2.80. The lowest BCUT2D eigenvalue weighted by Crippen LogP contribution is -2.47. The van der Waals surface area contributed by atoms with Gasteiger partial charge in [-0.05, 0) is 18.9 Å². The molecule has 14 heavy (non-hydrogen) atoms. The SMILES string of the molecule is Cc1cccc(C2(CCCl)COC2)c1. The highest BCUT2D eigenvalue weighted by Crippen LogP contribution is 2.36. The summed E-state index contributed by atoms with van der Waals surface area (Å²) in [5.41, 5.74) is 2.89. The molecule has 0 saturated carbocycles. The molecule has 0 atom stereocenters. The van der Waals surface area contributed by atoms with Crippen LogP contribution < -0.4 is 0 Å². The molecule has 0 bridgehead atoms. The maximum Gasteiger partial charge on any atom is 0.0586 e. The third kappa shape index (κ3) is 1.67. The zero-order chi connectivity index (χ0) is 10.0. The molecule has 1 aliphatic heterocycles. The Labute approximate surface area is 90.0 Å². The predicted molar refractivity (Wildman–Crippen MR) is 59.0 cm³/mol. The Morgan fingerprint density at radius 3 is 2.71 bits per heavy atom. The van der Waals surface area contributed by atoms with E-state index in [1.54, 1.807) is 0 Å². The van der Waals surface area contributed by atoms with Crippen LogP contribution in [0.3, 0.4) is 0 Å². The summed E-state index contributed by atoms with van der Waals surface area (Å²) in [6, 6.07) is 8.66. The van der Waals surface area contributed by atoms with Crippen LogP contribution in [0.25, 0.3) is 0 Å². The van der Waals surface area contributed by atoms with Gasteiger partial charge in [0.25, 0.3) is 0 Å². The highest BCUT2D eigenvalue weighted by molar-refractivity contribution is 6.17. The molecule has 0 amide bonds. The molecule has 0 spiro atoms. The first-order valence-corrected chi connectivity index (χ1v) is 5.51. The van der Waals surface area contributed by atoms with Gasteiger partial charge in [-0.25, -0.2) is 0 Å². The van der Waals surface area contributed by atoms with Crippen LogP contribution in [0.15, 0.2) is 24.3 Å². The molecule has 1 aromatic carbocycles. The topological polar surface area (TPSA) is 9.23 Å². The largest absolute Gasteiger partial charge is 0.379 e. The third-order valence-corrected chi connectivity index (χ3v) is 3.15. The van der Waals surface area contributed by atoms with Crippen molar-refractivity contribution in [2.45, 2.75) is 18.8 Å². The number of rotatable bonds is 3. The van der Waals surface area contributed by atoms with Crippen LogP contribution in [-0.4, -0.2) is 19.1 Å². The zero-order valence-corrected chi connectivity index (χ0v) is 9.18. The van der Waals surface area contributed by atoms with Gasteiger partial charge in [0.2, 0.25) is 0 Å². The first-order chi connectivity index (χ1) is 6.77. The van der Waals surface area contributed by atoms with Crippen molar-refractivity contribution in [3.05, 3.63) is 35.4 Å². The second-order valence-electron chi connectivity index (χ2n) is 4.08. The van der Waals surface area contributed by atoms with Gasteiger partial charge in [-0.15, -0.1) is 11.6 Å². The van der Waals surface area contributed by atoms with Crippen molar-refractivity contribution in [3.63, 3.8) is 0 Å². The van der Waals surface area contributed by atoms with E-state index in [1.165, 1.54) is 11.1 Å². The molecule has 1 aromatic rings. The summed E-state index contributed by atoms with van der Waals surface area (Å²) >= 11 is 5.83. The van der Waals surface area contributed by atoms with Crippen LogP contribution in [0, 0.1) is 6.92 Å². The summed E-state index contributed by atoms with van der Waals surface area (Å²) in [7, 11) is 0. The molecule has 0 N–H and O–H groups in total. The molecule has 76 valence electrons. The van der Waals surface area contributed by atoms with E-state index in [4.69, 9.17) is 16.3 Å². The fourth-order valence-corrected chi connectivity index (χ4v) is 2.32. The lowest BCUT2D eigenvalue weighted by atomic mass is 9.76. The molecule has 2 rings (SSSR count). The van der Waals surface area contributed by atoms with E-state index in [2.05, 4.69) is 31.2 Å². The fourth-order valence-electron chi connectivity index (χ4n) is 1.96. The molecule has 1 fully saturated rings. The van der Waals surface area contributed by atoms with E-state index >= 15 is 0 Å². The zero-order valence-electron chi connectivity index (χ0n) is 8.42. The minimum atomic E-state index is 0.202. The Morgan fingerprint density at radius 1 is 1.43 bits per heavy atom. The second kappa shape index (κ2) is 3.92. The van der Waals surface area contributed by atoms with Crippen LogP contribution in [0.1, 0.15) is 17.5 Å². The van der Waals surface area contributed by atoms with Gasteiger partial charge in [0.1, 0.15) is 0 Å². The highest BCUT2D eigenvalue weighted by Gasteiger charge is 2.39. The number of alkyl halides is 1. The van der Waals surface area contributed by atoms with E-state index in [9.17, 15) is 0 Å². The van der Waals surface area contributed by atoms with E-state index < -0.39 is 0 Å². The first kappa shape index (κ1) is 10.0. The van der Waals surface area contributed by atoms with Gasteiger partial charge < -0.3 is 4.74 Å². The molecule has 2 heteroatoms. The normalized spacial score (nSPS) is 19.0. The lowest BCUT2D eigenvalue weighted by molar-refractivity contribution is -0.0615. The molecule has 1 nitrogen and oxygen atoms in total. The van der Waals surface area contributed by atoms with E-state index in [1.807, 2.05) is 0 Å². The summed E-state index contributed by atoms with van der Waals surface area (Å²) < 4.78 is 5.33. The molecule has 1 saturated heterocycles. The van der Waals surface area contributed by atoms with Gasteiger partial charge >= 0.3 is 0 Å². The van der Waals surface area contributed by atoms with Gasteiger partial charge in [-0.1, -0.05) is 29.8 Å². The van der Waals surface area contributed by atoms with Crippen LogP contribution in [0.2, 0.25) is 0 Å². The van der Waals surface area contributed by atoms with Crippen molar-refractivity contribution in [3.8, 4) is 0 Å². The van der Waals surface area contributed by atoms with Gasteiger partial charge in [0.15, 0.2) is 0 Å². The number of benzene rings is 1. The standard InChI is InChI=1S/C12H15ClO/c1-10-3-2-4-11(7-10)12(5-6-13)8-14-9-12/h2-4,7H,5-6,8-9H2,1H3. The van der Waals surface area contributed by atoms with Crippen LogP contribution >= 0.6 is 11.6 Å². The third-order valence-electron chi connectivity index (χ3n) is 2.96. The Morgan fingerprint density at radius 2 is 2.21 bits per heavy atom. The van der Waals surface area contributed by atoms with Gasteiger partial charge in [-0.3, -0.25) is 0 Å². The number of ether oxygens (including phenoxy) is 1. The predicted octanol–water partition coefficient (Wildman–Crippen LogP) is 2.89. The minimum Gasteiger partial charge on any atom is -0.379 e. The summed E-state index contributed by atoms with van der Waals surface area (Å²) in [6.45, 7) is 3.77. The summed E-state index contributed by atoms with van der Waals surface area (Å²) in [6.07, 6.45) is 1.01. The summed E-state index contributed by atoms with van der Waals surface area (Å²) in [4.78, 5) is 0. The van der Waals surface area contributed by atoms with Crippen LogP contribution in [0.4, 0.5) is 0 Å². The molecular weight excluding hydrogens is 196 g/mol. The Bertz CT molecular complexity index is 318. The number of hydrogen-bond acceptors (Lipinski definition) is 1. The van der Waals surface area contributed by atoms with Crippen molar-refractivity contribution in [1.29, 1.82) is 0 Å². The molecule has 0 aliphatic carbocycles. The average molecular weight is 211 g/mol. The molecule has 0 aromatic heterocycles. The quantitative estimate of drug-likeness (QED) is 0.698. The minimum absolute atomic E-state index is 0.202. The second-order valence-corrected chi connectivity index (χ2v) is 4.46. The maximum atomic E-state index is 5.83. The van der Waals surface area contributed by atoms with E-state index in [-0.39, 0.29) is 5.41 Å². The smallest absolute Gasteiger partial charge is 0.0586 e. The number of halogens is 1. The average Bonchev–Trinajstić information content (AvgIpc) is 2.11. The van der Waals surface area contributed by atoms with Crippen molar-refractivity contribution in [2.75, 3.05) is 19.1 Å². The maximum absolute atomic E-state index is 5.83. The molecule has 1 heterocycles. The van der Waals surface area contributed by atoms with Crippen LogP contribution in [0.5, 0.6) is 0 Å². The first-order valence-electron chi connectivity index (χ1n) is 4.98. The summed E-state index contributed by atoms with van der Waals surface area (Å²) in [5.74, 6) is 0.706. The molecule has 0 radical (unpaired) electrons. The molecular formula is C12H15ClO. The molecule has 1 aliphatic rings. The molecule has 0 unspecified atom stereocenters. The Balaban J connectivity index is 2.27. The fraction of sp³-hybridized carbons (Fsp3) is 0.500. The van der Waals surface area contributed by atoms with Crippen molar-refractivity contribution in [2.24, 2.45) is 0 Å². The van der Waals surface area contributed by atoms with E-state index in [0.717, 1.165) is 19.6 Å². The van der Waals surface area contributed by atoms with Crippen molar-refractivity contribution >= 4 is 11.6 Å². The number of aryl methyl sites for hydroxylation is 1. The lowest BCUT2D eigenvalue weighted by Gasteiger charge is -2.42.